The van der Waals surface area contributed by atoms with E-state index in [1.807, 2.05) is 16.9 Å². The molecule has 2 aliphatic heterocycles. The average Bonchev–Trinajstić information content (AvgIpc) is 3.14. The van der Waals surface area contributed by atoms with Gasteiger partial charge in [0.15, 0.2) is 0 Å². The third kappa shape index (κ3) is 4.32. The number of aryl methyl sites for hydroxylation is 1. The van der Waals surface area contributed by atoms with Gasteiger partial charge in [-0.25, -0.2) is 0 Å². The zero-order valence-corrected chi connectivity index (χ0v) is 14.1. The number of nitrogens with zero attached hydrogens (tertiary/aromatic N) is 3. The Morgan fingerprint density at radius 3 is 3.04 bits per heavy atom. The van der Waals surface area contributed by atoms with Crippen LogP contribution in [0.3, 0.4) is 0 Å². The number of morpholine rings is 1. The van der Waals surface area contributed by atoms with Crippen molar-refractivity contribution in [3.05, 3.63) is 18.5 Å². The van der Waals surface area contributed by atoms with Crippen molar-refractivity contribution in [3.63, 3.8) is 0 Å². The van der Waals surface area contributed by atoms with Crippen molar-refractivity contribution in [1.29, 1.82) is 0 Å². The largest absolute Gasteiger partial charge is 0.375 e. The normalized spacial score (nSPS) is 28.0. The van der Waals surface area contributed by atoms with Gasteiger partial charge in [-0.15, -0.1) is 0 Å². The van der Waals surface area contributed by atoms with Crippen LogP contribution in [0.2, 0.25) is 0 Å². The topological polar surface area (TPSA) is 59.4 Å². The molecule has 1 aromatic rings. The lowest BCUT2D eigenvalue weighted by Crippen LogP contribution is -2.48. The van der Waals surface area contributed by atoms with E-state index in [0.29, 0.717) is 24.5 Å². The van der Waals surface area contributed by atoms with Gasteiger partial charge < -0.3 is 10.1 Å². The van der Waals surface area contributed by atoms with Gasteiger partial charge in [-0.05, 0) is 24.8 Å². The van der Waals surface area contributed by atoms with Crippen LogP contribution >= 0.6 is 0 Å². The van der Waals surface area contributed by atoms with E-state index in [4.69, 9.17) is 4.74 Å². The zero-order valence-electron chi connectivity index (χ0n) is 14.1. The fourth-order valence-corrected chi connectivity index (χ4v) is 3.54. The standard InChI is InChI=1S/C17H28N4O2/c1-13(2)16-11-20-10-14(9-15(20)12-23-16)19-17(22)5-3-7-21-8-4-6-18-21/h4,6,8,13-16H,3,5,7,9-12H2,1-2H3,(H,19,22)/t14-,15-,16-/m0/s1. The number of hydrogen-bond acceptors (Lipinski definition) is 4. The summed E-state index contributed by atoms with van der Waals surface area (Å²) in [5, 5.41) is 7.34. The molecule has 0 radical (unpaired) electrons. The summed E-state index contributed by atoms with van der Waals surface area (Å²) >= 11 is 0. The van der Waals surface area contributed by atoms with Gasteiger partial charge >= 0.3 is 0 Å². The lowest BCUT2D eigenvalue weighted by atomic mass is 10.0. The van der Waals surface area contributed by atoms with E-state index < -0.39 is 0 Å². The van der Waals surface area contributed by atoms with E-state index in [0.717, 1.165) is 39.1 Å². The van der Waals surface area contributed by atoms with E-state index >= 15 is 0 Å². The maximum atomic E-state index is 12.1. The van der Waals surface area contributed by atoms with Crippen LogP contribution < -0.4 is 5.32 Å². The molecule has 1 amide bonds. The Morgan fingerprint density at radius 2 is 2.30 bits per heavy atom. The minimum Gasteiger partial charge on any atom is -0.375 e. The highest BCUT2D eigenvalue weighted by atomic mass is 16.5. The number of fused-ring (bicyclic) bond motifs is 1. The molecule has 0 aliphatic carbocycles. The van der Waals surface area contributed by atoms with Crippen molar-refractivity contribution >= 4 is 5.91 Å². The van der Waals surface area contributed by atoms with Crippen molar-refractivity contribution in [1.82, 2.24) is 20.0 Å². The lowest BCUT2D eigenvalue weighted by Gasteiger charge is -2.36. The summed E-state index contributed by atoms with van der Waals surface area (Å²) < 4.78 is 7.82. The molecule has 6 nitrogen and oxygen atoms in total. The number of carbonyl (C=O) groups is 1. The monoisotopic (exact) mass is 320 g/mol. The second-order valence-corrected chi connectivity index (χ2v) is 7.10. The molecule has 0 spiro atoms. The quantitative estimate of drug-likeness (QED) is 0.858. The van der Waals surface area contributed by atoms with E-state index in [1.54, 1.807) is 6.20 Å². The molecule has 0 saturated carbocycles. The number of carbonyl (C=O) groups excluding carboxylic acids is 1. The second kappa shape index (κ2) is 7.45. The number of nitrogens with one attached hydrogen (secondary N) is 1. The Labute approximate surface area is 138 Å². The summed E-state index contributed by atoms with van der Waals surface area (Å²) in [6.45, 7) is 7.97. The smallest absolute Gasteiger partial charge is 0.220 e. The number of aromatic nitrogens is 2. The van der Waals surface area contributed by atoms with Crippen molar-refractivity contribution < 1.29 is 9.53 Å². The molecule has 3 atom stereocenters. The maximum absolute atomic E-state index is 12.1. The predicted octanol–water partition coefficient (Wildman–Crippen LogP) is 1.28. The molecule has 0 aromatic carbocycles. The van der Waals surface area contributed by atoms with E-state index in [-0.39, 0.29) is 11.9 Å². The van der Waals surface area contributed by atoms with Gasteiger partial charge in [0.2, 0.25) is 5.91 Å². The highest BCUT2D eigenvalue weighted by Crippen LogP contribution is 2.25. The zero-order chi connectivity index (χ0) is 16.2. The molecule has 23 heavy (non-hydrogen) atoms. The molecular formula is C17H28N4O2. The Balaban J connectivity index is 1.38. The van der Waals surface area contributed by atoms with E-state index in [1.165, 1.54) is 0 Å². The molecule has 1 N–H and O–H groups in total. The van der Waals surface area contributed by atoms with Gasteiger partial charge in [-0.3, -0.25) is 14.4 Å². The first-order chi connectivity index (χ1) is 11.1. The van der Waals surface area contributed by atoms with Crippen LogP contribution in [0.15, 0.2) is 18.5 Å². The molecular weight excluding hydrogens is 292 g/mol. The van der Waals surface area contributed by atoms with Crippen molar-refractivity contribution in [2.24, 2.45) is 5.92 Å². The maximum Gasteiger partial charge on any atom is 0.220 e. The fraction of sp³-hybridized carbons (Fsp3) is 0.765. The molecule has 0 unspecified atom stereocenters. The molecule has 2 fully saturated rings. The van der Waals surface area contributed by atoms with Gasteiger partial charge in [-0.1, -0.05) is 13.8 Å². The highest BCUT2D eigenvalue weighted by molar-refractivity contribution is 5.76. The first-order valence-electron chi connectivity index (χ1n) is 8.74. The summed E-state index contributed by atoms with van der Waals surface area (Å²) in [5.41, 5.74) is 0. The van der Waals surface area contributed by atoms with Gasteiger partial charge in [0.25, 0.3) is 0 Å². The number of amides is 1. The highest BCUT2D eigenvalue weighted by Gasteiger charge is 2.38. The van der Waals surface area contributed by atoms with Gasteiger partial charge in [-0.2, -0.15) is 5.10 Å². The minimum atomic E-state index is 0.156. The lowest BCUT2D eigenvalue weighted by molar-refractivity contribution is -0.121. The second-order valence-electron chi connectivity index (χ2n) is 7.10. The minimum absolute atomic E-state index is 0.156. The Kier molecular flexibility index (Phi) is 5.33. The summed E-state index contributed by atoms with van der Waals surface area (Å²) in [5.74, 6) is 0.704. The summed E-state index contributed by atoms with van der Waals surface area (Å²) in [6.07, 6.45) is 6.42. The van der Waals surface area contributed by atoms with Crippen molar-refractivity contribution in [2.45, 2.75) is 57.8 Å². The molecule has 128 valence electrons. The molecule has 3 heterocycles. The summed E-state index contributed by atoms with van der Waals surface area (Å²) in [6, 6.07) is 2.65. The Hall–Kier alpha value is -1.40. The van der Waals surface area contributed by atoms with Crippen LogP contribution in [-0.4, -0.2) is 58.5 Å². The number of rotatable bonds is 6. The van der Waals surface area contributed by atoms with Crippen LogP contribution in [0.4, 0.5) is 0 Å². The fourth-order valence-electron chi connectivity index (χ4n) is 3.54. The third-order valence-corrected chi connectivity index (χ3v) is 4.90. The van der Waals surface area contributed by atoms with Crippen LogP contribution in [0.1, 0.15) is 33.1 Å². The van der Waals surface area contributed by atoms with Crippen molar-refractivity contribution in [3.8, 4) is 0 Å². The van der Waals surface area contributed by atoms with E-state index in [2.05, 4.69) is 29.2 Å². The molecule has 6 heteroatoms. The Bertz CT molecular complexity index is 503. The number of hydrogen-bond donors (Lipinski definition) is 1. The third-order valence-electron chi connectivity index (χ3n) is 4.90. The molecule has 1 aromatic heterocycles. The van der Waals surface area contributed by atoms with Gasteiger partial charge in [0, 0.05) is 50.5 Å². The van der Waals surface area contributed by atoms with Gasteiger partial charge in [0.05, 0.1) is 12.7 Å². The molecule has 3 rings (SSSR count). The van der Waals surface area contributed by atoms with Crippen molar-refractivity contribution in [2.75, 3.05) is 19.7 Å². The molecule has 2 saturated heterocycles. The van der Waals surface area contributed by atoms with Crippen LogP contribution in [-0.2, 0) is 16.1 Å². The first kappa shape index (κ1) is 16.5. The first-order valence-corrected chi connectivity index (χ1v) is 8.74. The predicted molar refractivity (Wildman–Crippen MR) is 87.9 cm³/mol. The van der Waals surface area contributed by atoms with Crippen LogP contribution in [0.5, 0.6) is 0 Å². The average molecular weight is 320 g/mol. The Morgan fingerprint density at radius 1 is 1.43 bits per heavy atom. The SMILES string of the molecule is CC(C)[C@@H]1CN2C[C@@H](NC(=O)CCCn3cccn3)C[C@H]2CO1. The van der Waals surface area contributed by atoms with Crippen LogP contribution in [0, 0.1) is 5.92 Å². The van der Waals surface area contributed by atoms with Crippen LogP contribution in [0.25, 0.3) is 0 Å². The summed E-state index contributed by atoms with van der Waals surface area (Å²) in [4.78, 5) is 14.6. The van der Waals surface area contributed by atoms with Gasteiger partial charge in [0.1, 0.15) is 0 Å². The summed E-state index contributed by atoms with van der Waals surface area (Å²) in [7, 11) is 0. The number of ether oxygens (including phenoxy) is 1. The molecule has 0 bridgehead atoms. The molecule has 2 aliphatic rings. The van der Waals surface area contributed by atoms with E-state index in [9.17, 15) is 4.79 Å².